The first-order valence-electron chi connectivity index (χ1n) is 7.65. The zero-order valence-electron chi connectivity index (χ0n) is 11.9. The Morgan fingerprint density at radius 2 is 2.24 bits per heavy atom. The topological polar surface area (TPSA) is 60.2 Å². The lowest BCUT2D eigenvalue weighted by atomic mass is 10.0. The predicted octanol–water partition coefficient (Wildman–Crippen LogP) is 2.14. The Morgan fingerprint density at radius 3 is 3.14 bits per heavy atom. The van der Waals surface area contributed by atoms with E-state index in [0.717, 1.165) is 54.9 Å². The van der Waals surface area contributed by atoms with E-state index in [1.165, 1.54) is 6.42 Å². The highest BCUT2D eigenvalue weighted by atomic mass is 16.5. The van der Waals surface area contributed by atoms with Crippen molar-refractivity contribution >= 4 is 0 Å². The zero-order chi connectivity index (χ0) is 14.1. The van der Waals surface area contributed by atoms with Crippen molar-refractivity contribution in [2.75, 3.05) is 19.7 Å². The van der Waals surface area contributed by atoms with Crippen LogP contribution in [0.1, 0.15) is 36.0 Å². The maximum absolute atomic E-state index is 5.69. The molecule has 1 saturated heterocycles. The molecule has 110 valence electrons. The van der Waals surface area contributed by atoms with Crippen LogP contribution >= 0.6 is 0 Å². The molecule has 21 heavy (non-hydrogen) atoms. The lowest BCUT2D eigenvalue weighted by Gasteiger charge is -2.04. The van der Waals surface area contributed by atoms with Crippen molar-refractivity contribution in [3.05, 3.63) is 41.5 Å². The number of hydrogen-bond donors (Lipinski definition) is 1. The summed E-state index contributed by atoms with van der Waals surface area (Å²) < 4.78 is 11.1. The van der Waals surface area contributed by atoms with Crippen LogP contribution in [0.4, 0.5) is 0 Å². The molecule has 0 amide bonds. The summed E-state index contributed by atoms with van der Waals surface area (Å²) in [6, 6.07) is 8.07. The van der Waals surface area contributed by atoms with Gasteiger partial charge in [0, 0.05) is 12.0 Å². The highest BCUT2D eigenvalue weighted by molar-refractivity contribution is 5.42. The molecule has 0 radical (unpaired) electrons. The van der Waals surface area contributed by atoms with E-state index in [9.17, 15) is 0 Å². The van der Waals surface area contributed by atoms with Crippen LogP contribution in [-0.4, -0.2) is 29.8 Å². The number of nitrogens with zero attached hydrogens (tertiary/aromatic N) is 2. The Balaban J connectivity index is 1.45. The number of nitrogens with one attached hydrogen (secondary N) is 1. The fraction of sp³-hybridized carbons (Fsp3) is 0.500. The summed E-state index contributed by atoms with van der Waals surface area (Å²) in [7, 11) is 0. The van der Waals surface area contributed by atoms with Gasteiger partial charge in [-0.2, -0.15) is 4.98 Å². The molecular formula is C16H19N3O2. The van der Waals surface area contributed by atoms with Gasteiger partial charge < -0.3 is 14.6 Å². The normalized spacial score (nSPS) is 24.0. The van der Waals surface area contributed by atoms with Crippen LogP contribution in [0.2, 0.25) is 0 Å². The number of aryl methyl sites for hydroxylation is 1. The van der Waals surface area contributed by atoms with Crippen molar-refractivity contribution in [1.82, 2.24) is 15.5 Å². The summed E-state index contributed by atoms with van der Waals surface area (Å²) in [6.07, 6.45) is 3.24. The van der Waals surface area contributed by atoms with Crippen molar-refractivity contribution in [1.29, 1.82) is 0 Å². The minimum absolute atomic E-state index is 0.104. The van der Waals surface area contributed by atoms with Gasteiger partial charge in [0.05, 0.1) is 5.92 Å². The molecule has 1 fully saturated rings. The van der Waals surface area contributed by atoms with Gasteiger partial charge in [-0.1, -0.05) is 23.4 Å². The van der Waals surface area contributed by atoms with Gasteiger partial charge in [0.1, 0.15) is 12.4 Å². The van der Waals surface area contributed by atoms with E-state index >= 15 is 0 Å². The lowest BCUT2D eigenvalue weighted by molar-refractivity contribution is 0.330. The summed E-state index contributed by atoms with van der Waals surface area (Å²) in [4.78, 5) is 4.57. The molecule has 5 heteroatoms. The van der Waals surface area contributed by atoms with Crippen molar-refractivity contribution < 1.29 is 9.26 Å². The number of fused-ring (bicyclic) bond motifs is 1. The molecule has 2 unspecified atom stereocenters. The van der Waals surface area contributed by atoms with E-state index < -0.39 is 0 Å². The Labute approximate surface area is 123 Å². The molecule has 2 aliphatic heterocycles. The van der Waals surface area contributed by atoms with E-state index in [4.69, 9.17) is 9.26 Å². The van der Waals surface area contributed by atoms with Gasteiger partial charge in [-0.05, 0) is 37.9 Å². The molecule has 2 aliphatic rings. The van der Waals surface area contributed by atoms with Gasteiger partial charge in [-0.15, -0.1) is 0 Å². The minimum Gasteiger partial charge on any atom is -0.492 e. The highest BCUT2D eigenvalue weighted by Gasteiger charge is 2.29. The third-order valence-corrected chi connectivity index (χ3v) is 4.42. The fourth-order valence-electron chi connectivity index (χ4n) is 3.18. The molecule has 1 aromatic heterocycles. The maximum Gasteiger partial charge on any atom is 0.226 e. The van der Waals surface area contributed by atoms with Crippen LogP contribution < -0.4 is 10.1 Å². The number of hydrogen-bond acceptors (Lipinski definition) is 5. The Kier molecular flexibility index (Phi) is 3.35. The van der Waals surface area contributed by atoms with Crippen LogP contribution in [-0.2, 0) is 6.42 Å². The number of ether oxygens (including phenoxy) is 1. The molecule has 4 rings (SSSR count). The smallest absolute Gasteiger partial charge is 0.226 e. The Hall–Kier alpha value is -1.88. The van der Waals surface area contributed by atoms with Crippen LogP contribution in [0.25, 0.3) is 0 Å². The molecule has 5 nitrogen and oxygen atoms in total. The minimum atomic E-state index is 0.104. The third-order valence-electron chi connectivity index (χ3n) is 4.42. The molecular weight excluding hydrogens is 266 g/mol. The Morgan fingerprint density at radius 1 is 1.29 bits per heavy atom. The number of aromatic nitrogens is 2. The average Bonchev–Trinajstić information content (AvgIpc) is 3.25. The second-order valence-electron chi connectivity index (χ2n) is 5.85. The molecule has 3 heterocycles. The fourth-order valence-corrected chi connectivity index (χ4v) is 3.18. The molecule has 2 atom stereocenters. The highest BCUT2D eigenvalue weighted by Crippen LogP contribution is 2.36. The van der Waals surface area contributed by atoms with Crippen molar-refractivity contribution in [3.8, 4) is 5.75 Å². The van der Waals surface area contributed by atoms with Gasteiger partial charge in [-0.25, -0.2) is 0 Å². The number of para-hydroxylation sites is 1. The molecule has 0 aliphatic carbocycles. The first-order chi connectivity index (χ1) is 10.4. The standard InChI is InChI=1S/C16H19N3O2/c1-2-4-14-12(3-1)13(10-20-14)16-18-15(21-19-16)6-5-11-7-8-17-9-11/h1-4,11,13,17H,5-10H2. The largest absolute Gasteiger partial charge is 0.492 e. The molecule has 0 bridgehead atoms. The summed E-state index contributed by atoms with van der Waals surface area (Å²) in [5.74, 6) is 3.29. The molecule has 0 spiro atoms. The lowest BCUT2D eigenvalue weighted by Crippen LogP contribution is -2.09. The van der Waals surface area contributed by atoms with Crippen LogP contribution in [0.5, 0.6) is 5.75 Å². The average molecular weight is 285 g/mol. The predicted molar refractivity (Wildman–Crippen MR) is 77.4 cm³/mol. The van der Waals surface area contributed by atoms with E-state index in [-0.39, 0.29) is 5.92 Å². The SMILES string of the molecule is c1ccc2c(c1)OCC2c1noc(CCC2CCNC2)n1. The third kappa shape index (κ3) is 2.53. The summed E-state index contributed by atoms with van der Waals surface area (Å²) in [5, 5.41) is 7.55. The van der Waals surface area contributed by atoms with Crippen molar-refractivity contribution in [2.45, 2.75) is 25.2 Å². The zero-order valence-corrected chi connectivity index (χ0v) is 11.9. The monoisotopic (exact) mass is 285 g/mol. The quantitative estimate of drug-likeness (QED) is 0.932. The second kappa shape index (κ2) is 5.48. The van der Waals surface area contributed by atoms with Gasteiger partial charge in [0.15, 0.2) is 5.82 Å². The molecule has 2 aromatic rings. The van der Waals surface area contributed by atoms with Crippen molar-refractivity contribution in [2.24, 2.45) is 5.92 Å². The van der Waals surface area contributed by atoms with E-state index in [1.807, 2.05) is 18.2 Å². The van der Waals surface area contributed by atoms with E-state index in [2.05, 4.69) is 21.5 Å². The van der Waals surface area contributed by atoms with Gasteiger partial charge in [-0.3, -0.25) is 0 Å². The first kappa shape index (κ1) is 12.8. The van der Waals surface area contributed by atoms with Gasteiger partial charge in [0.25, 0.3) is 0 Å². The molecule has 1 aromatic carbocycles. The summed E-state index contributed by atoms with van der Waals surface area (Å²) >= 11 is 0. The second-order valence-corrected chi connectivity index (χ2v) is 5.85. The molecule has 0 saturated carbocycles. The summed E-state index contributed by atoms with van der Waals surface area (Å²) in [6.45, 7) is 2.85. The van der Waals surface area contributed by atoms with Crippen LogP contribution in [0.3, 0.4) is 0 Å². The first-order valence-corrected chi connectivity index (χ1v) is 7.65. The van der Waals surface area contributed by atoms with Gasteiger partial charge >= 0.3 is 0 Å². The van der Waals surface area contributed by atoms with E-state index in [0.29, 0.717) is 6.61 Å². The Bertz CT molecular complexity index is 619. The van der Waals surface area contributed by atoms with Crippen LogP contribution in [0.15, 0.2) is 28.8 Å². The maximum atomic E-state index is 5.69. The summed E-state index contributed by atoms with van der Waals surface area (Å²) in [5.41, 5.74) is 1.16. The van der Waals surface area contributed by atoms with Crippen LogP contribution in [0, 0.1) is 5.92 Å². The molecule has 1 N–H and O–H groups in total. The van der Waals surface area contributed by atoms with Gasteiger partial charge in [0.2, 0.25) is 5.89 Å². The van der Waals surface area contributed by atoms with Crippen molar-refractivity contribution in [3.63, 3.8) is 0 Å². The number of benzene rings is 1. The number of rotatable bonds is 4. The van der Waals surface area contributed by atoms with E-state index in [1.54, 1.807) is 0 Å².